The maximum Gasteiger partial charge on any atom is 0.0725 e. The normalized spacial score (nSPS) is 34.8. The molecule has 0 bridgehead atoms. The molecule has 1 saturated carbocycles. The van der Waals surface area contributed by atoms with Gasteiger partial charge in [-0.15, -0.1) is 0 Å². The lowest BCUT2D eigenvalue weighted by atomic mass is 9.91. The number of hydrogen-bond acceptors (Lipinski definition) is 2. The van der Waals surface area contributed by atoms with Crippen molar-refractivity contribution in [3.63, 3.8) is 0 Å². The summed E-state index contributed by atoms with van der Waals surface area (Å²) in [6, 6.07) is 12.6. The van der Waals surface area contributed by atoms with E-state index in [0.29, 0.717) is 0 Å². The molecular formula is C14H21N2P. The summed E-state index contributed by atoms with van der Waals surface area (Å²) >= 11 is 0. The molecule has 0 aromatic heterocycles. The molecule has 1 aromatic carbocycles. The molecule has 2 unspecified atom stereocenters. The fourth-order valence-corrected chi connectivity index (χ4v) is 6.11. The van der Waals surface area contributed by atoms with E-state index < -0.39 is 0 Å². The standard InChI is InChI=1S/C14H21N2P/c1-15-13-10-6-7-11-14(13)16(2)17(15)12-8-4-3-5-9-12/h3-5,8-9,13-14H,6-7,10-11H2,1-2H3/t13-,14?,17?/m1/s1. The Morgan fingerprint density at radius 1 is 0.941 bits per heavy atom. The van der Waals surface area contributed by atoms with Crippen LogP contribution in [0.4, 0.5) is 0 Å². The van der Waals surface area contributed by atoms with Crippen molar-refractivity contribution in [3.8, 4) is 0 Å². The van der Waals surface area contributed by atoms with Crippen LogP contribution in [0.15, 0.2) is 30.3 Å². The highest BCUT2D eigenvalue weighted by molar-refractivity contribution is 7.61. The van der Waals surface area contributed by atoms with E-state index in [1.54, 1.807) is 0 Å². The molecule has 1 aliphatic carbocycles. The van der Waals surface area contributed by atoms with E-state index in [0.717, 1.165) is 12.1 Å². The van der Waals surface area contributed by atoms with Gasteiger partial charge in [-0.05, 0) is 26.9 Å². The molecule has 0 radical (unpaired) electrons. The van der Waals surface area contributed by atoms with Gasteiger partial charge in [-0.1, -0.05) is 43.2 Å². The van der Waals surface area contributed by atoms with Crippen LogP contribution in [-0.4, -0.2) is 35.5 Å². The Morgan fingerprint density at radius 2 is 1.47 bits per heavy atom. The van der Waals surface area contributed by atoms with Crippen LogP contribution in [0.3, 0.4) is 0 Å². The van der Waals surface area contributed by atoms with Gasteiger partial charge in [-0.3, -0.25) is 9.34 Å². The molecular weight excluding hydrogens is 227 g/mol. The molecule has 17 heavy (non-hydrogen) atoms. The molecule has 0 spiro atoms. The van der Waals surface area contributed by atoms with Crippen LogP contribution < -0.4 is 5.30 Å². The van der Waals surface area contributed by atoms with Crippen LogP contribution >= 0.6 is 8.22 Å². The molecule has 2 aliphatic rings. The average Bonchev–Trinajstić information content (AvgIpc) is 2.64. The monoisotopic (exact) mass is 248 g/mol. The Kier molecular flexibility index (Phi) is 3.21. The summed E-state index contributed by atoms with van der Waals surface area (Å²) in [7, 11) is 4.40. The predicted molar refractivity (Wildman–Crippen MR) is 74.6 cm³/mol. The van der Waals surface area contributed by atoms with E-state index in [2.05, 4.69) is 53.8 Å². The van der Waals surface area contributed by atoms with Gasteiger partial charge in [0.1, 0.15) is 0 Å². The Labute approximate surface area is 105 Å². The van der Waals surface area contributed by atoms with Crippen LogP contribution in [0, 0.1) is 0 Å². The Bertz CT molecular complexity index is 363. The van der Waals surface area contributed by atoms with Crippen molar-refractivity contribution < 1.29 is 0 Å². The molecule has 0 N–H and O–H groups in total. The third-order valence-electron chi connectivity index (χ3n) is 4.24. The van der Waals surface area contributed by atoms with E-state index in [4.69, 9.17) is 0 Å². The maximum absolute atomic E-state index is 2.65. The summed E-state index contributed by atoms with van der Waals surface area (Å²) in [5.74, 6) is 0. The second-order valence-corrected chi connectivity index (χ2v) is 7.55. The van der Waals surface area contributed by atoms with Gasteiger partial charge in [0.15, 0.2) is 0 Å². The van der Waals surface area contributed by atoms with Crippen molar-refractivity contribution in [2.75, 3.05) is 14.1 Å². The molecule has 92 valence electrons. The van der Waals surface area contributed by atoms with Gasteiger partial charge in [-0.25, -0.2) is 0 Å². The summed E-state index contributed by atoms with van der Waals surface area (Å²) in [5, 5.41) is 1.50. The predicted octanol–water partition coefficient (Wildman–Crippen LogP) is 2.81. The fourth-order valence-electron chi connectivity index (χ4n) is 3.39. The van der Waals surface area contributed by atoms with Crippen molar-refractivity contribution >= 4 is 13.5 Å². The third-order valence-corrected chi connectivity index (χ3v) is 6.79. The minimum Gasteiger partial charge on any atom is -0.265 e. The number of fused-ring (bicyclic) bond motifs is 1. The largest absolute Gasteiger partial charge is 0.265 e. The molecule has 3 rings (SSSR count). The zero-order chi connectivity index (χ0) is 11.8. The Balaban J connectivity index is 1.90. The van der Waals surface area contributed by atoms with Crippen molar-refractivity contribution in [1.82, 2.24) is 9.34 Å². The van der Waals surface area contributed by atoms with Crippen LogP contribution in [0.5, 0.6) is 0 Å². The lowest BCUT2D eigenvalue weighted by Gasteiger charge is -2.29. The first-order chi connectivity index (χ1) is 8.29. The quantitative estimate of drug-likeness (QED) is 0.705. The van der Waals surface area contributed by atoms with Gasteiger partial charge in [0.25, 0.3) is 0 Å². The van der Waals surface area contributed by atoms with Crippen LogP contribution in [0.2, 0.25) is 0 Å². The van der Waals surface area contributed by atoms with Crippen LogP contribution in [-0.2, 0) is 0 Å². The molecule has 1 saturated heterocycles. The zero-order valence-electron chi connectivity index (χ0n) is 10.7. The van der Waals surface area contributed by atoms with Gasteiger partial charge in [0, 0.05) is 17.4 Å². The number of hydrogen-bond donors (Lipinski definition) is 0. The second-order valence-electron chi connectivity index (χ2n) is 5.19. The lowest BCUT2D eigenvalue weighted by Crippen LogP contribution is -2.37. The summed E-state index contributed by atoms with van der Waals surface area (Å²) in [5.41, 5.74) is 0. The molecule has 0 amide bonds. The Hall–Kier alpha value is -0.430. The van der Waals surface area contributed by atoms with Gasteiger partial charge in [0.05, 0.1) is 8.22 Å². The average molecular weight is 248 g/mol. The number of rotatable bonds is 1. The molecule has 1 aliphatic heterocycles. The molecule has 3 heteroatoms. The zero-order valence-corrected chi connectivity index (χ0v) is 11.6. The van der Waals surface area contributed by atoms with Crippen molar-refractivity contribution in [2.24, 2.45) is 0 Å². The van der Waals surface area contributed by atoms with Crippen molar-refractivity contribution in [3.05, 3.63) is 30.3 Å². The van der Waals surface area contributed by atoms with E-state index in [1.165, 1.54) is 31.0 Å². The number of nitrogens with zero attached hydrogens (tertiary/aromatic N) is 2. The lowest BCUT2D eigenvalue weighted by molar-refractivity contribution is 0.233. The highest BCUT2D eigenvalue weighted by Crippen LogP contribution is 2.54. The first-order valence-electron chi connectivity index (χ1n) is 6.59. The molecule has 3 atom stereocenters. The first-order valence-corrected chi connectivity index (χ1v) is 7.84. The fraction of sp³-hybridized carbons (Fsp3) is 0.571. The van der Waals surface area contributed by atoms with Gasteiger partial charge in [0.2, 0.25) is 0 Å². The van der Waals surface area contributed by atoms with E-state index in [1.807, 2.05) is 0 Å². The Morgan fingerprint density at radius 3 is 2.00 bits per heavy atom. The van der Waals surface area contributed by atoms with Gasteiger partial charge >= 0.3 is 0 Å². The summed E-state index contributed by atoms with van der Waals surface area (Å²) in [6.07, 6.45) is 5.60. The van der Waals surface area contributed by atoms with E-state index >= 15 is 0 Å². The molecule has 2 fully saturated rings. The topological polar surface area (TPSA) is 6.48 Å². The minimum absolute atomic E-state index is 0.246. The molecule has 1 heterocycles. The molecule has 2 nitrogen and oxygen atoms in total. The highest BCUT2D eigenvalue weighted by atomic mass is 31.1. The molecule has 1 aromatic rings. The third kappa shape index (κ3) is 1.93. The number of benzene rings is 1. The van der Waals surface area contributed by atoms with Crippen molar-refractivity contribution in [2.45, 2.75) is 37.8 Å². The smallest absolute Gasteiger partial charge is 0.0725 e. The van der Waals surface area contributed by atoms with Crippen molar-refractivity contribution in [1.29, 1.82) is 0 Å². The summed E-state index contributed by atoms with van der Waals surface area (Å²) in [6.45, 7) is 0. The minimum atomic E-state index is -0.246. The van der Waals surface area contributed by atoms with Crippen LogP contribution in [0.25, 0.3) is 0 Å². The van der Waals surface area contributed by atoms with Crippen LogP contribution in [0.1, 0.15) is 25.7 Å². The van der Waals surface area contributed by atoms with Gasteiger partial charge < -0.3 is 0 Å². The summed E-state index contributed by atoms with van der Waals surface area (Å²) in [4.78, 5) is 0. The first kappa shape index (κ1) is 11.6. The maximum atomic E-state index is 2.65. The second kappa shape index (κ2) is 4.68. The summed E-state index contributed by atoms with van der Waals surface area (Å²) < 4.78 is 5.29. The number of likely N-dealkylation sites (N-methyl/N-ethyl adjacent to an activating group) is 2. The van der Waals surface area contributed by atoms with E-state index in [9.17, 15) is 0 Å². The highest BCUT2D eigenvalue weighted by Gasteiger charge is 2.44. The van der Waals surface area contributed by atoms with Gasteiger partial charge in [-0.2, -0.15) is 0 Å². The van der Waals surface area contributed by atoms with E-state index in [-0.39, 0.29) is 8.22 Å². The SMILES string of the molecule is CN1C2CCCC[C@H]2N(C)P1c1ccccc1.